The van der Waals surface area contributed by atoms with Crippen molar-refractivity contribution in [2.24, 2.45) is 0 Å². The number of nitrogens with zero attached hydrogens (tertiary/aromatic N) is 1. The lowest BCUT2D eigenvalue weighted by Crippen LogP contribution is -2.22. The van der Waals surface area contributed by atoms with E-state index < -0.39 is 0 Å². The van der Waals surface area contributed by atoms with Gasteiger partial charge in [0.05, 0.1) is 5.56 Å². The van der Waals surface area contributed by atoms with Gasteiger partial charge in [0, 0.05) is 35.5 Å². The first-order chi connectivity index (χ1) is 9.27. The van der Waals surface area contributed by atoms with Gasteiger partial charge in [-0.3, -0.25) is 9.59 Å². The van der Waals surface area contributed by atoms with Gasteiger partial charge in [-0.15, -0.1) is 0 Å². The Morgan fingerprint density at radius 3 is 2.05 bits per heavy atom. The molecule has 2 aromatic rings. The zero-order chi connectivity index (χ0) is 13.0. The number of fused-ring (bicyclic) bond motifs is 2. The Morgan fingerprint density at radius 1 is 0.737 bits per heavy atom. The molecule has 1 heterocycles. The van der Waals surface area contributed by atoms with Crippen molar-refractivity contribution in [2.75, 3.05) is 18.0 Å². The zero-order valence-corrected chi connectivity index (χ0v) is 10.2. The highest BCUT2D eigenvalue weighted by molar-refractivity contribution is 6.30. The summed E-state index contributed by atoms with van der Waals surface area (Å²) in [4.78, 5) is 27.2. The lowest BCUT2D eigenvalue weighted by molar-refractivity contribution is 0.0979. The maximum atomic E-state index is 12.6. The number of carbonyl (C=O) groups is 2. The molecule has 3 nitrogen and oxygen atoms in total. The largest absolute Gasteiger partial charge is 0.367 e. The summed E-state index contributed by atoms with van der Waals surface area (Å²) in [7, 11) is 0. The molecule has 92 valence electrons. The van der Waals surface area contributed by atoms with Gasteiger partial charge >= 0.3 is 0 Å². The van der Waals surface area contributed by atoms with Gasteiger partial charge in [-0.25, -0.2) is 0 Å². The predicted octanol–water partition coefficient (Wildman–Crippen LogP) is 2.28. The minimum atomic E-state index is -0.0473. The molecule has 1 aliphatic carbocycles. The first kappa shape index (κ1) is 10.5. The molecule has 1 aliphatic heterocycles. The molecule has 0 amide bonds. The van der Waals surface area contributed by atoms with Crippen molar-refractivity contribution in [2.45, 2.75) is 0 Å². The van der Waals surface area contributed by atoms with E-state index in [1.54, 1.807) is 30.3 Å². The highest BCUT2D eigenvalue weighted by atomic mass is 16.1. The SMILES string of the molecule is O=C1c2ccccc2C(=O)c2c1cccc2N1CC1. The van der Waals surface area contributed by atoms with E-state index in [-0.39, 0.29) is 11.6 Å². The van der Waals surface area contributed by atoms with Crippen molar-refractivity contribution in [3.05, 3.63) is 64.7 Å². The molecule has 0 saturated carbocycles. The Hall–Kier alpha value is -2.42. The number of carbonyl (C=O) groups excluding carboxylic acids is 2. The Balaban J connectivity index is 2.02. The average molecular weight is 249 g/mol. The molecular formula is C16H11NO2. The standard InChI is InChI=1S/C16H11NO2/c18-15-10-4-1-2-5-11(10)16(19)14-12(15)6-3-7-13(14)17-8-9-17/h1-7H,8-9H2. The fourth-order valence-electron chi connectivity index (χ4n) is 2.68. The Bertz CT molecular complexity index is 729. The highest BCUT2D eigenvalue weighted by Crippen LogP contribution is 2.35. The zero-order valence-electron chi connectivity index (χ0n) is 10.2. The second-order valence-corrected chi connectivity index (χ2v) is 4.89. The quantitative estimate of drug-likeness (QED) is 0.621. The van der Waals surface area contributed by atoms with E-state index in [1.807, 2.05) is 12.1 Å². The number of anilines is 1. The number of ketones is 2. The van der Waals surface area contributed by atoms with Gasteiger partial charge in [0.15, 0.2) is 11.6 Å². The summed E-state index contributed by atoms with van der Waals surface area (Å²) in [5.41, 5.74) is 3.04. The number of rotatable bonds is 1. The summed E-state index contributed by atoms with van der Waals surface area (Å²) in [6.45, 7) is 1.92. The van der Waals surface area contributed by atoms with Crippen LogP contribution in [0.25, 0.3) is 0 Å². The summed E-state index contributed by atoms with van der Waals surface area (Å²) < 4.78 is 0. The van der Waals surface area contributed by atoms with Gasteiger partial charge in [-0.1, -0.05) is 36.4 Å². The molecular weight excluding hydrogens is 238 g/mol. The summed E-state index contributed by atoms with van der Waals surface area (Å²) in [6, 6.07) is 12.6. The van der Waals surface area contributed by atoms with Crippen LogP contribution < -0.4 is 4.90 Å². The summed E-state index contributed by atoms with van der Waals surface area (Å²) in [5, 5.41) is 0. The molecule has 19 heavy (non-hydrogen) atoms. The molecule has 2 aliphatic rings. The fraction of sp³-hybridized carbons (Fsp3) is 0.125. The van der Waals surface area contributed by atoms with Crippen molar-refractivity contribution in [3.63, 3.8) is 0 Å². The average Bonchev–Trinajstić information content (AvgIpc) is 3.28. The molecule has 3 heteroatoms. The van der Waals surface area contributed by atoms with Crippen molar-refractivity contribution < 1.29 is 9.59 Å². The lowest BCUT2D eigenvalue weighted by atomic mass is 9.83. The minimum absolute atomic E-state index is 0.0345. The van der Waals surface area contributed by atoms with Crippen LogP contribution in [0.5, 0.6) is 0 Å². The molecule has 0 spiro atoms. The molecule has 2 aromatic carbocycles. The third kappa shape index (κ3) is 1.38. The normalized spacial score (nSPS) is 16.1. The van der Waals surface area contributed by atoms with Crippen LogP contribution in [0.3, 0.4) is 0 Å². The van der Waals surface area contributed by atoms with Crippen molar-refractivity contribution in [1.82, 2.24) is 0 Å². The molecule has 1 fully saturated rings. The van der Waals surface area contributed by atoms with Crippen LogP contribution in [0.2, 0.25) is 0 Å². The molecule has 4 rings (SSSR count). The van der Waals surface area contributed by atoms with Crippen LogP contribution in [0.15, 0.2) is 42.5 Å². The smallest absolute Gasteiger partial charge is 0.196 e. The van der Waals surface area contributed by atoms with Gasteiger partial charge in [0.1, 0.15) is 0 Å². The van der Waals surface area contributed by atoms with Crippen LogP contribution in [-0.4, -0.2) is 24.7 Å². The monoisotopic (exact) mass is 249 g/mol. The fourth-order valence-corrected chi connectivity index (χ4v) is 2.68. The van der Waals surface area contributed by atoms with Crippen LogP contribution in [0.1, 0.15) is 31.8 Å². The molecule has 1 saturated heterocycles. The first-order valence-electron chi connectivity index (χ1n) is 6.34. The summed E-state index contributed by atoms with van der Waals surface area (Å²) in [6.07, 6.45) is 0. The van der Waals surface area contributed by atoms with Gasteiger partial charge in [-0.05, 0) is 6.07 Å². The highest BCUT2D eigenvalue weighted by Gasteiger charge is 2.34. The van der Waals surface area contributed by atoms with Crippen LogP contribution in [0.4, 0.5) is 5.69 Å². The van der Waals surface area contributed by atoms with Gasteiger partial charge in [0.25, 0.3) is 0 Å². The Kier molecular flexibility index (Phi) is 1.96. The number of benzene rings is 2. The number of hydrogen-bond donors (Lipinski definition) is 0. The van der Waals surface area contributed by atoms with E-state index in [9.17, 15) is 9.59 Å². The molecule has 0 atom stereocenters. The Labute approximate surface area is 110 Å². The molecule has 0 unspecified atom stereocenters. The number of hydrogen-bond acceptors (Lipinski definition) is 3. The van der Waals surface area contributed by atoms with E-state index in [1.165, 1.54) is 0 Å². The van der Waals surface area contributed by atoms with E-state index in [2.05, 4.69) is 4.90 Å². The lowest BCUT2D eigenvalue weighted by Gasteiger charge is -2.20. The third-order valence-corrected chi connectivity index (χ3v) is 3.72. The topological polar surface area (TPSA) is 37.1 Å². The van der Waals surface area contributed by atoms with E-state index >= 15 is 0 Å². The van der Waals surface area contributed by atoms with Crippen molar-refractivity contribution in [3.8, 4) is 0 Å². The summed E-state index contributed by atoms with van der Waals surface area (Å²) >= 11 is 0. The molecule has 0 aromatic heterocycles. The summed E-state index contributed by atoms with van der Waals surface area (Å²) in [5.74, 6) is -0.0819. The van der Waals surface area contributed by atoms with Crippen LogP contribution >= 0.6 is 0 Å². The predicted molar refractivity (Wildman–Crippen MR) is 72.0 cm³/mol. The van der Waals surface area contributed by atoms with Crippen molar-refractivity contribution in [1.29, 1.82) is 0 Å². The molecule has 0 N–H and O–H groups in total. The first-order valence-corrected chi connectivity index (χ1v) is 6.34. The molecule has 0 radical (unpaired) electrons. The van der Waals surface area contributed by atoms with Crippen LogP contribution in [-0.2, 0) is 0 Å². The van der Waals surface area contributed by atoms with E-state index in [0.29, 0.717) is 22.3 Å². The second kappa shape index (κ2) is 3.54. The molecule has 0 bridgehead atoms. The minimum Gasteiger partial charge on any atom is -0.367 e. The third-order valence-electron chi connectivity index (χ3n) is 3.72. The second-order valence-electron chi connectivity index (χ2n) is 4.89. The van der Waals surface area contributed by atoms with Crippen molar-refractivity contribution >= 4 is 17.3 Å². The van der Waals surface area contributed by atoms with Gasteiger partial charge in [-0.2, -0.15) is 0 Å². The Morgan fingerprint density at radius 2 is 1.37 bits per heavy atom. The van der Waals surface area contributed by atoms with E-state index in [4.69, 9.17) is 0 Å². The maximum Gasteiger partial charge on any atom is 0.196 e. The van der Waals surface area contributed by atoms with Crippen LogP contribution in [0, 0.1) is 0 Å². The van der Waals surface area contributed by atoms with E-state index in [0.717, 1.165) is 18.8 Å². The van der Waals surface area contributed by atoms with Gasteiger partial charge in [0.2, 0.25) is 0 Å². The maximum absolute atomic E-state index is 12.6. The van der Waals surface area contributed by atoms with Gasteiger partial charge < -0.3 is 4.90 Å².